The maximum atomic E-state index is 5.29. The standard InChI is InChI=1S/C51H32N6/c1-3-17-33(18-4-1)49-52-50(34-19-5-2-6-20-34)54-51(53-49)57-44-28-14-10-24-38(44)40-32-31-39-37-23-9-13-27-43(37)56(47(39)48(40)57)46-30-16-15-29-45(46)55-41-25-11-7-21-35(41)36-22-8-12-26-42(36)55/h1-32H. The first kappa shape index (κ1) is 31.5. The second kappa shape index (κ2) is 12.3. The van der Waals surface area contributed by atoms with Gasteiger partial charge in [-0.25, -0.2) is 4.98 Å². The third-order valence-corrected chi connectivity index (χ3v) is 11.3. The lowest BCUT2D eigenvalue weighted by Gasteiger charge is -2.17. The van der Waals surface area contributed by atoms with E-state index in [0.29, 0.717) is 17.6 Å². The number of para-hydroxylation sites is 6. The minimum atomic E-state index is 0.564. The average Bonchev–Trinajstić information content (AvgIpc) is 3.93. The molecule has 266 valence electrons. The van der Waals surface area contributed by atoms with Gasteiger partial charge in [0.25, 0.3) is 0 Å². The van der Waals surface area contributed by atoms with Crippen molar-refractivity contribution in [3.05, 3.63) is 194 Å². The number of hydrogen-bond donors (Lipinski definition) is 0. The Morgan fingerprint density at radius 3 is 1.11 bits per heavy atom. The molecule has 0 amide bonds. The fraction of sp³-hybridized carbons (Fsp3) is 0. The highest BCUT2D eigenvalue weighted by Crippen LogP contribution is 2.43. The minimum Gasteiger partial charge on any atom is -0.307 e. The molecule has 0 unspecified atom stereocenters. The molecular weight excluding hydrogens is 697 g/mol. The molecule has 4 aromatic heterocycles. The molecule has 4 heterocycles. The molecule has 6 heteroatoms. The Hall–Kier alpha value is -7.83. The molecule has 0 atom stereocenters. The van der Waals surface area contributed by atoms with Crippen LogP contribution in [0.4, 0.5) is 0 Å². The number of hydrogen-bond acceptors (Lipinski definition) is 3. The summed E-state index contributed by atoms with van der Waals surface area (Å²) in [6.07, 6.45) is 0. The Morgan fingerprint density at radius 1 is 0.263 bits per heavy atom. The monoisotopic (exact) mass is 728 g/mol. The summed E-state index contributed by atoms with van der Waals surface area (Å²) < 4.78 is 7.13. The number of aromatic nitrogens is 6. The molecule has 0 N–H and O–H groups in total. The Morgan fingerprint density at radius 2 is 0.614 bits per heavy atom. The summed E-state index contributed by atoms with van der Waals surface area (Å²) >= 11 is 0. The Labute approximate surface area is 327 Å². The van der Waals surface area contributed by atoms with E-state index in [-0.39, 0.29) is 0 Å². The van der Waals surface area contributed by atoms with Crippen LogP contribution in [0.15, 0.2) is 194 Å². The van der Waals surface area contributed by atoms with Crippen LogP contribution >= 0.6 is 0 Å². The van der Waals surface area contributed by atoms with Crippen LogP contribution in [-0.4, -0.2) is 28.7 Å². The van der Waals surface area contributed by atoms with E-state index in [2.05, 4.69) is 171 Å². The number of fused-ring (bicyclic) bond motifs is 10. The van der Waals surface area contributed by atoms with Gasteiger partial charge in [-0.1, -0.05) is 158 Å². The summed E-state index contributed by atoms with van der Waals surface area (Å²) in [5.74, 6) is 1.80. The van der Waals surface area contributed by atoms with Crippen LogP contribution in [0.1, 0.15) is 0 Å². The summed E-state index contributed by atoms with van der Waals surface area (Å²) in [6.45, 7) is 0. The summed E-state index contributed by atoms with van der Waals surface area (Å²) in [4.78, 5) is 15.6. The molecule has 0 fully saturated rings. The molecule has 0 spiro atoms. The quantitative estimate of drug-likeness (QED) is 0.177. The summed E-state index contributed by atoms with van der Waals surface area (Å²) in [5, 5.41) is 7.04. The molecule has 0 aliphatic heterocycles. The molecule has 12 rings (SSSR count). The molecule has 0 radical (unpaired) electrons. The third kappa shape index (κ3) is 4.68. The second-order valence-electron chi connectivity index (χ2n) is 14.4. The lowest BCUT2D eigenvalue weighted by atomic mass is 10.1. The van der Waals surface area contributed by atoms with Crippen molar-refractivity contribution in [1.29, 1.82) is 0 Å². The zero-order valence-corrected chi connectivity index (χ0v) is 30.7. The van der Waals surface area contributed by atoms with E-state index in [1.807, 2.05) is 36.4 Å². The first-order valence-corrected chi connectivity index (χ1v) is 19.2. The van der Waals surface area contributed by atoms with E-state index < -0.39 is 0 Å². The highest BCUT2D eigenvalue weighted by Gasteiger charge is 2.25. The number of rotatable bonds is 5. The Bertz CT molecular complexity index is 3410. The largest absolute Gasteiger partial charge is 0.307 e. The highest BCUT2D eigenvalue weighted by atomic mass is 15.2. The van der Waals surface area contributed by atoms with Crippen molar-refractivity contribution < 1.29 is 0 Å². The normalized spacial score (nSPS) is 11.9. The lowest BCUT2D eigenvalue weighted by Crippen LogP contribution is -2.08. The zero-order valence-electron chi connectivity index (χ0n) is 30.7. The van der Waals surface area contributed by atoms with Crippen molar-refractivity contribution in [2.24, 2.45) is 0 Å². The second-order valence-corrected chi connectivity index (χ2v) is 14.4. The molecule has 0 saturated heterocycles. The minimum absolute atomic E-state index is 0.564. The van der Waals surface area contributed by atoms with Gasteiger partial charge in [0.1, 0.15) is 0 Å². The third-order valence-electron chi connectivity index (χ3n) is 11.3. The van der Waals surface area contributed by atoms with Gasteiger partial charge in [0.2, 0.25) is 5.95 Å². The fourth-order valence-corrected chi connectivity index (χ4v) is 8.88. The van der Waals surface area contributed by atoms with E-state index >= 15 is 0 Å². The van der Waals surface area contributed by atoms with Crippen LogP contribution in [0, 0.1) is 0 Å². The smallest absolute Gasteiger partial charge is 0.238 e. The molecule has 0 aliphatic rings. The fourth-order valence-electron chi connectivity index (χ4n) is 8.88. The van der Waals surface area contributed by atoms with Gasteiger partial charge >= 0.3 is 0 Å². The lowest BCUT2D eigenvalue weighted by molar-refractivity contribution is 0.953. The van der Waals surface area contributed by atoms with Crippen molar-refractivity contribution >= 4 is 65.4 Å². The van der Waals surface area contributed by atoms with E-state index in [1.54, 1.807) is 0 Å². The summed E-state index contributed by atoms with van der Waals surface area (Å²) in [6, 6.07) is 68.4. The van der Waals surface area contributed by atoms with Gasteiger partial charge in [-0.3, -0.25) is 4.57 Å². The van der Waals surface area contributed by atoms with Crippen molar-refractivity contribution in [3.63, 3.8) is 0 Å². The van der Waals surface area contributed by atoms with E-state index in [0.717, 1.165) is 60.7 Å². The van der Waals surface area contributed by atoms with Gasteiger partial charge in [-0.15, -0.1) is 0 Å². The summed E-state index contributed by atoms with van der Waals surface area (Å²) in [5.41, 5.74) is 10.6. The maximum absolute atomic E-state index is 5.29. The number of nitrogens with zero attached hydrogens (tertiary/aromatic N) is 6. The molecule has 8 aromatic carbocycles. The van der Waals surface area contributed by atoms with Crippen molar-refractivity contribution in [2.75, 3.05) is 0 Å². The average molecular weight is 729 g/mol. The van der Waals surface area contributed by atoms with E-state index in [1.165, 1.54) is 27.2 Å². The maximum Gasteiger partial charge on any atom is 0.238 e. The molecule has 6 nitrogen and oxygen atoms in total. The van der Waals surface area contributed by atoms with Crippen molar-refractivity contribution in [1.82, 2.24) is 28.7 Å². The van der Waals surface area contributed by atoms with Crippen LogP contribution in [0.2, 0.25) is 0 Å². The molecule has 0 saturated carbocycles. The van der Waals surface area contributed by atoms with Crippen LogP contribution in [0.5, 0.6) is 0 Å². The summed E-state index contributed by atoms with van der Waals surface area (Å²) in [7, 11) is 0. The molecule has 57 heavy (non-hydrogen) atoms. The SMILES string of the molecule is c1ccc(-c2nc(-c3ccccc3)nc(-n3c4ccccc4c4ccc5c6ccccc6n(-c6ccccc6-n6c7ccccc7c7ccccc76)c5c43)n2)cc1. The van der Waals surface area contributed by atoms with E-state index in [4.69, 9.17) is 15.0 Å². The van der Waals surface area contributed by atoms with Gasteiger partial charge in [-0.05, 0) is 36.4 Å². The molecule has 0 bridgehead atoms. The Kier molecular flexibility index (Phi) is 6.83. The Balaban J connectivity index is 1.25. The first-order valence-electron chi connectivity index (χ1n) is 19.2. The van der Waals surface area contributed by atoms with Gasteiger partial charge in [0.15, 0.2) is 11.6 Å². The van der Waals surface area contributed by atoms with Gasteiger partial charge in [-0.2, -0.15) is 9.97 Å². The highest BCUT2D eigenvalue weighted by molar-refractivity contribution is 6.24. The van der Waals surface area contributed by atoms with Crippen LogP contribution < -0.4 is 0 Å². The van der Waals surface area contributed by atoms with E-state index in [9.17, 15) is 0 Å². The van der Waals surface area contributed by atoms with Gasteiger partial charge < -0.3 is 9.13 Å². The predicted molar refractivity (Wildman–Crippen MR) is 234 cm³/mol. The first-order chi connectivity index (χ1) is 28.3. The number of benzene rings is 8. The zero-order chi connectivity index (χ0) is 37.5. The predicted octanol–water partition coefficient (Wildman–Crippen LogP) is 12.5. The molecular formula is C51H32N6. The van der Waals surface area contributed by atoms with Crippen molar-refractivity contribution in [3.8, 4) is 40.1 Å². The van der Waals surface area contributed by atoms with Crippen LogP contribution in [-0.2, 0) is 0 Å². The van der Waals surface area contributed by atoms with Gasteiger partial charge in [0, 0.05) is 43.4 Å². The van der Waals surface area contributed by atoms with Crippen LogP contribution in [0.3, 0.4) is 0 Å². The van der Waals surface area contributed by atoms with Gasteiger partial charge in [0.05, 0.1) is 44.5 Å². The molecule has 0 aliphatic carbocycles. The molecule has 12 aromatic rings. The topological polar surface area (TPSA) is 53.5 Å². The van der Waals surface area contributed by atoms with Crippen molar-refractivity contribution in [2.45, 2.75) is 0 Å². The van der Waals surface area contributed by atoms with Crippen LogP contribution in [0.25, 0.3) is 106 Å².